The van der Waals surface area contributed by atoms with Crippen LogP contribution in [0.1, 0.15) is 42.0 Å². The molecule has 0 aliphatic carbocycles. The summed E-state index contributed by atoms with van der Waals surface area (Å²) in [6.07, 6.45) is 2.45. The van der Waals surface area contributed by atoms with Crippen LogP contribution in [0.3, 0.4) is 0 Å². The van der Waals surface area contributed by atoms with Crippen LogP contribution in [0.15, 0.2) is 36.5 Å². The van der Waals surface area contributed by atoms with Gasteiger partial charge < -0.3 is 19.1 Å². The highest BCUT2D eigenvalue weighted by Gasteiger charge is 2.26. The standard InChI is InChI=1S/C25H32N4O3/c1-5-23(30)28-10-11-32-19(15-28)14-21-24(27-22-12-16(2)8-9-29(21)22)20-7-6-18(13-17(20)3)25(31)26-4/h6-9,12-13,19,25-26,31H,5,10-11,14-15H2,1-4H3/t19-,25?/m0/s1. The van der Waals surface area contributed by atoms with Crippen molar-refractivity contribution in [2.45, 2.75) is 45.9 Å². The molecule has 0 radical (unpaired) electrons. The molecule has 1 fully saturated rings. The summed E-state index contributed by atoms with van der Waals surface area (Å²) in [5.41, 5.74) is 6.93. The number of pyridine rings is 1. The van der Waals surface area contributed by atoms with Crippen molar-refractivity contribution in [3.05, 3.63) is 58.9 Å². The zero-order valence-electron chi connectivity index (χ0n) is 19.3. The van der Waals surface area contributed by atoms with E-state index in [1.54, 1.807) is 7.05 Å². The lowest BCUT2D eigenvalue weighted by Crippen LogP contribution is -2.46. The Labute approximate surface area is 189 Å². The number of nitrogens with one attached hydrogen (secondary N) is 1. The molecular weight excluding hydrogens is 404 g/mol. The molecule has 1 saturated heterocycles. The number of rotatable bonds is 6. The second kappa shape index (κ2) is 9.40. The van der Waals surface area contributed by atoms with Crippen molar-refractivity contribution >= 4 is 11.6 Å². The lowest BCUT2D eigenvalue weighted by molar-refractivity contribution is -0.138. The third-order valence-corrected chi connectivity index (χ3v) is 6.19. The number of hydrogen-bond donors (Lipinski definition) is 2. The molecule has 2 aromatic heterocycles. The molecule has 1 unspecified atom stereocenters. The number of ether oxygens (including phenoxy) is 1. The summed E-state index contributed by atoms with van der Waals surface area (Å²) in [5.74, 6) is 0.168. The number of carbonyl (C=O) groups excluding carboxylic acids is 1. The maximum absolute atomic E-state index is 12.2. The molecule has 2 atom stereocenters. The van der Waals surface area contributed by atoms with Crippen LogP contribution in [-0.2, 0) is 16.0 Å². The Bertz CT molecular complexity index is 1120. The molecule has 1 amide bonds. The van der Waals surface area contributed by atoms with E-state index in [0.717, 1.165) is 39.3 Å². The highest BCUT2D eigenvalue weighted by molar-refractivity contribution is 5.76. The van der Waals surface area contributed by atoms with Crippen molar-refractivity contribution in [2.75, 3.05) is 26.7 Å². The van der Waals surface area contributed by atoms with E-state index >= 15 is 0 Å². The highest BCUT2D eigenvalue weighted by atomic mass is 16.5. The maximum Gasteiger partial charge on any atom is 0.222 e. The number of aliphatic hydroxyl groups excluding tert-OH is 1. The van der Waals surface area contributed by atoms with Gasteiger partial charge in [-0.15, -0.1) is 0 Å². The zero-order valence-corrected chi connectivity index (χ0v) is 19.3. The van der Waals surface area contributed by atoms with Crippen LogP contribution in [0.4, 0.5) is 0 Å². The Balaban J connectivity index is 1.74. The summed E-state index contributed by atoms with van der Waals surface area (Å²) < 4.78 is 8.19. The van der Waals surface area contributed by atoms with Gasteiger partial charge in [-0.1, -0.05) is 25.1 Å². The SMILES string of the molecule is CCC(=O)N1CCO[C@@H](Cc2c(-c3ccc(C(O)NC)cc3C)nc3cc(C)ccn23)C1. The minimum atomic E-state index is -0.705. The fourth-order valence-electron chi connectivity index (χ4n) is 4.41. The van der Waals surface area contributed by atoms with E-state index in [1.165, 1.54) is 0 Å². The first-order valence-electron chi connectivity index (χ1n) is 11.2. The third kappa shape index (κ3) is 4.41. The van der Waals surface area contributed by atoms with E-state index in [-0.39, 0.29) is 12.0 Å². The van der Waals surface area contributed by atoms with Gasteiger partial charge in [0.1, 0.15) is 11.9 Å². The smallest absolute Gasteiger partial charge is 0.222 e. The number of aryl methyl sites for hydroxylation is 2. The van der Waals surface area contributed by atoms with Crippen LogP contribution in [0.25, 0.3) is 16.9 Å². The Morgan fingerprint density at radius 2 is 2.12 bits per heavy atom. The van der Waals surface area contributed by atoms with Gasteiger partial charge in [0, 0.05) is 37.7 Å². The molecule has 7 heteroatoms. The van der Waals surface area contributed by atoms with E-state index in [0.29, 0.717) is 32.5 Å². The predicted molar refractivity (Wildman–Crippen MR) is 124 cm³/mol. The van der Waals surface area contributed by atoms with Crippen LogP contribution in [0.2, 0.25) is 0 Å². The summed E-state index contributed by atoms with van der Waals surface area (Å²) in [4.78, 5) is 19.1. The van der Waals surface area contributed by atoms with Gasteiger partial charge in [-0.05, 0) is 49.7 Å². The van der Waals surface area contributed by atoms with Crippen molar-refractivity contribution in [1.29, 1.82) is 0 Å². The number of nitrogens with zero attached hydrogens (tertiary/aromatic N) is 3. The number of hydrogen-bond acceptors (Lipinski definition) is 5. The molecule has 3 heterocycles. The quantitative estimate of drug-likeness (QED) is 0.581. The number of morpholine rings is 1. The Morgan fingerprint density at radius 3 is 2.84 bits per heavy atom. The van der Waals surface area contributed by atoms with Crippen LogP contribution in [0.5, 0.6) is 0 Å². The van der Waals surface area contributed by atoms with Crippen molar-refractivity contribution in [3.63, 3.8) is 0 Å². The minimum absolute atomic E-state index is 0.0788. The fourth-order valence-corrected chi connectivity index (χ4v) is 4.41. The second-order valence-corrected chi connectivity index (χ2v) is 8.50. The predicted octanol–water partition coefficient (Wildman–Crippen LogP) is 3.01. The van der Waals surface area contributed by atoms with Crippen LogP contribution >= 0.6 is 0 Å². The number of imidazole rings is 1. The molecule has 0 saturated carbocycles. The van der Waals surface area contributed by atoms with Crippen LogP contribution in [-0.4, -0.2) is 58.1 Å². The van der Waals surface area contributed by atoms with Crippen LogP contribution in [0, 0.1) is 13.8 Å². The van der Waals surface area contributed by atoms with Crippen molar-refractivity contribution in [2.24, 2.45) is 0 Å². The molecule has 0 bridgehead atoms. The van der Waals surface area contributed by atoms with E-state index in [1.807, 2.05) is 36.9 Å². The fraction of sp³-hybridized carbons (Fsp3) is 0.440. The number of aromatic nitrogens is 2. The molecule has 1 aliphatic heterocycles. The topological polar surface area (TPSA) is 79.1 Å². The third-order valence-electron chi connectivity index (χ3n) is 6.19. The summed E-state index contributed by atoms with van der Waals surface area (Å²) in [6, 6.07) is 10.1. The lowest BCUT2D eigenvalue weighted by atomic mass is 9.98. The molecule has 4 rings (SSSR count). The highest BCUT2D eigenvalue weighted by Crippen LogP contribution is 2.31. The first kappa shape index (κ1) is 22.5. The monoisotopic (exact) mass is 436 g/mol. The molecule has 1 aliphatic rings. The molecular formula is C25H32N4O3. The van der Waals surface area contributed by atoms with Gasteiger partial charge in [-0.2, -0.15) is 0 Å². The van der Waals surface area contributed by atoms with E-state index < -0.39 is 6.23 Å². The Kier molecular flexibility index (Phi) is 6.60. The normalized spacial score (nSPS) is 17.7. The number of fused-ring (bicyclic) bond motifs is 1. The average Bonchev–Trinajstić information content (AvgIpc) is 3.14. The summed E-state index contributed by atoms with van der Waals surface area (Å²) in [5, 5.41) is 13.0. The second-order valence-electron chi connectivity index (χ2n) is 8.50. The van der Waals surface area contributed by atoms with Gasteiger partial charge >= 0.3 is 0 Å². The van der Waals surface area contributed by atoms with E-state index in [4.69, 9.17) is 9.72 Å². The summed E-state index contributed by atoms with van der Waals surface area (Å²) in [6.45, 7) is 7.80. The van der Waals surface area contributed by atoms with Crippen LogP contribution < -0.4 is 5.32 Å². The first-order valence-corrected chi connectivity index (χ1v) is 11.2. The minimum Gasteiger partial charge on any atom is -0.374 e. The van der Waals surface area contributed by atoms with Gasteiger partial charge in [0.05, 0.1) is 24.1 Å². The lowest BCUT2D eigenvalue weighted by Gasteiger charge is -2.33. The van der Waals surface area contributed by atoms with Gasteiger partial charge in [0.2, 0.25) is 5.91 Å². The largest absolute Gasteiger partial charge is 0.374 e. The van der Waals surface area contributed by atoms with Crippen molar-refractivity contribution < 1.29 is 14.6 Å². The molecule has 32 heavy (non-hydrogen) atoms. The molecule has 2 N–H and O–H groups in total. The van der Waals surface area contributed by atoms with Crippen molar-refractivity contribution in [1.82, 2.24) is 19.6 Å². The van der Waals surface area contributed by atoms with E-state index in [9.17, 15) is 9.90 Å². The first-order chi connectivity index (χ1) is 15.4. The zero-order chi connectivity index (χ0) is 22.8. The Hall–Kier alpha value is -2.74. The molecule has 0 spiro atoms. The average molecular weight is 437 g/mol. The number of amides is 1. The van der Waals surface area contributed by atoms with Gasteiger partial charge in [0.25, 0.3) is 0 Å². The van der Waals surface area contributed by atoms with Gasteiger partial charge in [-0.3, -0.25) is 10.1 Å². The molecule has 7 nitrogen and oxygen atoms in total. The number of benzene rings is 1. The molecule has 3 aromatic rings. The molecule has 170 valence electrons. The Morgan fingerprint density at radius 1 is 1.31 bits per heavy atom. The number of carbonyl (C=O) groups is 1. The van der Waals surface area contributed by atoms with Crippen molar-refractivity contribution in [3.8, 4) is 11.3 Å². The van der Waals surface area contributed by atoms with Gasteiger partial charge in [0.15, 0.2) is 0 Å². The van der Waals surface area contributed by atoms with Gasteiger partial charge in [-0.25, -0.2) is 4.98 Å². The summed E-state index contributed by atoms with van der Waals surface area (Å²) in [7, 11) is 1.73. The number of aliphatic hydroxyl groups is 1. The van der Waals surface area contributed by atoms with E-state index in [2.05, 4.69) is 35.0 Å². The molecule has 1 aromatic carbocycles. The maximum atomic E-state index is 12.2. The summed E-state index contributed by atoms with van der Waals surface area (Å²) >= 11 is 0.